The molecule has 31 heavy (non-hydrogen) atoms. The van der Waals surface area contributed by atoms with E-state index in [-0.39, 0.29) is 22.9 Å². The Hall–Kier alpha value is -2.07. The number of nitrogens with one attached hydrogen (secondary N) is 1. The summed E-state index contributed by atoms with van der Waals surface area (Å²) in [5, 5.41) is 1.57. The summed E-state index contributed by atoms with van der Waals surface area (Å²) in [5.74, 6) is 0.202. The van der Waals surface area contributed by atoms with E-state index >= 15 is 0 Å². The molecule has 0 atom stereocenters. The number of benzene rings is 2. The highest BCUT2D eigenvalue weighted by molar-refractivity contribution is 7.95. The summed E-state index contributed by atoms with van der Waals surface area (Å²) in [5.41, 5.74) is 0.801. The van der Waals surface area contributed by atoms with E-state index in [9.17, 15) is 16.8 Å². The summed E-state index contributed by atoms with van der Waals surface area (Å²) >= 11 is 5.83. The molecule has 1 fully saturated rings. The zero-order chi connectivity index (χ0) is 22.5. The van der Waals surface area contributed by atoms with Crippen molar-refractivity contribution in [1.82, 2.24) is 4.31 Å². The first-order valence-corrected chi connectivity index (χ1v) is 13.3. The number of sulfonamides is 2. The Balaban J connectivity index is 1.87. The second-order valence-electron chi connectivity index (χ2n) is 7.06. The first kappa shape index (κ1) is 23.6. The third kappa shape index (κ3) is 6.22. The summed E-state index contributed by atoms with van der Waals surface area (Å²) in [7, 11) is -7.68. The van der Waals surface area contributed by atoms with Gasteiger partial charge in [-0.2, -0.15) is 4.31 Å². The lowest BCUT2D eigenvalue weighted by atomic mass is 10.2. The van der Waals surface area contributed by atoms with Crippen molar-refractivity contribution in [1.29, 1.82) is 0 Å². The van der Waals surface area contributed by atoms with Crippen molar-refractivity contribution in [3.05, 3.63) is 58.5 Å². The minimum absolute atomic E-state index is 0.0434. The molecular formula is C21H25ClN2O5S2. The Bertz CT molecular complexity index is 1140. The van der Waals surface area contributed by atoms with Crippen molar-refractivity contribution in [2.75, 3.05) is 24.4 Å². The zero-order valence-electron chi connectivity index (χ0n) is 17.1. The first-order valence-electron chi connectivity index (χ1n) is 9.95. The van der Waals surface area contributed by atoms with Gasteiger partial charge in [-0.15, -0.1) is 0 Å². The van der Waals surface area contributed by atoms with Crippen LogP contribution in [-0.2, 0) is 20.0 Å². The van der Waals surface area contributed by atoms with Gasteiger partial charge < -0.3 is 4.74 Å². The van der Waals surface area contributed by atoms with Crippen LogP contribution in [0, 0.1) is 0 Å². The van der Waals surface area contributed by atoms with Gasteiger partial charge in [0.05, 0.1) is 17.7 Å². The molecule has 3 rings (SSSR count). The summed E-state index contributed by atoms with van der Waals surface area (Å²) in [4.78, 5) is -0.0434. The lowest BCUT2D eigenvalue weighted by Crippen LogP contribution is -2.35. The van der Waals surface area contributed by atoms with E-state index in [2.05, 4.69) is 4.72 Å². The molecule has 1 saturated heterocycles. The maximum absolute atomic E-state index is 13.2. The van der Waals surface area contributed by atoms with E-state index < -0.39 is 20.0 Å². The molecule has 0 bridgehead atoms. The number of piperidine rings is 1. The fourth-order valence-electron chi connectivity index (χ4n) is 3.23. The number of ether oxygens (including phenoxy) is 1. The standard InChI is InChI=1S/C21H25ClN2O5S2/c1-2-29-20-11-10-19(16-21(20)31(27,28)24-13-4-3-5-14-24)23-30(25,26)15-12-17-6-8-18(22)9-7-17/h6-12,15-16,23H,2-5,13-14H2,1H3/b15-12+. The number of nitrogens with zero attached hydrogens (tertiary/aromatic N) is 1. The van der Waals surface area contributed by atoms with Gasteiger partial charge >= 0.3 is 0 Å². The lowest BCUT2D eigenvalue weighted by molar-refractivity contribution is 0.323. The fourth-order valence-corrected chi connectivity index (χ4v) is 5.89. The molecule has 168 valence electrons. The molecule has 0 aliphatic carbocycles. The van der Waals surface area contributed by atoms with E-state index in [0.717, 1.165) is 24.7 Å². The molecule has 1 aliphatic heterocycles. The molecule has 0 amide bonds. The average molecular weight is 485 g/mol. The van der Waals surface area contributed by atoms with Gasteiger partial charge in [0.15, 0.2) is 0 Å². The Labute approximate surface area is 188 Å². The molecule has 10 heteroatoms. The van der Waals surface area contributed by atoms with Crippen molar-refractivity contribution < 1.29 is 21.6 Å². The molecular weight excluding hydrogens is 460 g/mol. The molecule has 1 N–H and O–H groups in total. The van der Waals surface area contributed by atoms with E-state index in [1.165, 1.54) is 28.6 Å². The molecule has 2 aromatic rings. The summed E-state index contributed by atoms with van der Waals surface area (Å²) in [6, 6.07) is 11.0. The maximum Gasteiger partial charge on any atom is 0.255 e. The molecule has 1 heterocycles. The number of rotatable bonds is 8. The minimum Gasteiger partial charge on any atom is -0.492 e. The van der Waals surface area contributed by atoms with Crippen LogP contribution >= 0.6 is 11.6 Å². The third-order valence-electron chi connectivity index (χ3n) is 4.75. The molecule has 0 aromatic heterocycles. The van der Waals surface area contributed by atoms with Crippen LogP contribution in [0.25, 0.3) is 6.08 Å². The van der Waals surface area contributed by atoms with Gasteiger partial charge in [-0.05, 0) is 61.7 Å². The van der Waals surface area contributed by atoms with Gasteiger partial charge in [-0.25, -0.2) is 16.8 Å². The second-order valence-corrected chi connectivity index (χ2v) is 11.0. The van der Waals surface area contributed by atoms with Crippen LogP contribution in [0.1, 0.15) is 31.7 Å². The van der Waals surface area contributed by atoms with Gasteiger partial charge in [0.25, 0.3) is 10.0 Å². The third-order valence-corrected chi connectivity index (χ3v) is 7.93. The van der Waals surface area contributed by atoms with Crippen LogP contribution in [0.4, 0.5) is 5.69 Å². The molecule has 1 aliphatic rings. The normalized spacial score (nSPS) is 15.8. The van der Waals surface area contributed by atoms with E-state index in [1.807, 2.05) is 0 Å². The number of anilines is 1. The van der Waals surface area contributed by atoms with Crippen molar-refractivity contribution >= 4 is 43.4 Å². The summed E-state index contributed by atoms with van der Waals surface area (Å²) < 4.78 is 60.7. The van der Waals surface area contributed by atoms with Gasteiger partial charge in [0.2, 0.25) is 10.0 Å². The van der Waals surface area contributed by atoms with Crippen LogP contribution in [0.2, 0.25) is 5.02 Å². The predicted molar refractivity (Wildman–Crippen MR) is 123 cm³/mol. The topological polar surface area (TPSA) is 92.8 Å². The van der Waals surface area contributed by atoms with Gasteiger partial charge in [0.1, 0.15) is 10.6 Å². The predicted octanol–water partition coefficient (Wildman–Crippen LogP) is 4.33. The van der Waals surface area contributed by atoms with Crippen LogP contribution < -0.4 is 9.46 Å². The second kappa shape index (κ2) is 10.0. The van der Waals surface area contributed by atoms with E-state index in [4.69, 9.17) is 16.3 Å². The zero-order valence-corrected chi connectivity index (χ0v) is 19.5. The van der Waals surface area contributed by atoms with Crippen LogP contribution in [0.3, 0.4) is 0 Å². The SMILES string of the molecule is CCOc1ccc(NS(=O)(=O)/C=C/c2ccc(Cl)cc2)cc1S(=O)(=O)N1CCCCC1. The first-order chi connectivity index (χ1) is 14.7. The number of halogens is 1. The highest BCUT2D eigenvalue weighted by Gasteiger charge is 2.29. The van der Waals surface area contributed by atoms with Crippen molar-refractivity contribution in [3.63, 3.8) is 0 Å². The van der Waals surface area contributed by atoms with Gasteiger partial charge in [-0.3, -0.25) is 4.72 Å². The van der Waals surface area contributed by atoms with E-state index in [1.54, 1.807) is 31.2 Å². The van der Waals surface area contributed by atoms with Crippen LogP contribution in [0.15, 0.2) is 52.8 Å². The molecule has 7 nitrogen and oxygen atoms in total. The molecule has 0 spiro atoms. The van der Waals surface area contributed by atoms with Crippen LogP contribution in [0.5, 0.6) is 5.75 Å². The van der Waals surface area contributed by atoms with E-state index in [0.29, 0.717) is 23.7 Å². The van der Waals surface area contributed by atoms with Gasteiger partial charge in [-0.1, -0.05) is 30.2 Å². The molecule has 0 saturated carbocycles. The summed E-state index contributed by atoms with van der Waals surface area (Å²) in [6.45, 7) is 2.92. The number of hydrogen-bond acceptors (Lipinski definition) is 5. The smallest absolute Gasteiger partial charge is 0.255 e. The lowest BCUT2D eigenvalue weighted by Gasteiger charge is -2.27. The quantitative estimate of drug-likeness (QED) is 0.602. The minimum atomic E-state index is -3.87. The van der Waals surface area contributed by atoms with Crippen LogP contribution in [-0.4, -0.2) is 40.8 Å². The molecule has 0 radical (unpaired) electrons. The Kier molecular flexibility index (Phi) is 7.64. The highest BCUT2D eigenvalue weighted by atomic mass is 35.5. The Morgan fingerprint density at radius 1 is 1.03 bits per heavy atom. The fraction of sp³-hybridized carbons (Fsp3) is 0.333. The maximum atomic E-state index is 13.2. The Morgan fingerprint density at radius 2 is 1.71 bits per heavy atom. The van der Waals surface area contributed by atoms with Crippen molar-refractivity contribution in [3.8, 4) is 5.75 Å². The molecule has 2 aromatic carbocycles. The highest BCUT2D eigenvalue weighted by Crippen LogP contribution is 2.31. The van der Waals surface area contributed by atoms with Crippen molar-refractivity contribution in [2.45, 2.75) is 31.1 Å². The monoisotopic (exact) mass is 484 g/mol. The number of hydrogen-bond donors (Lipinski definition) is 1. The summed E-state index contributed by atoms with van der Waals surface area (Å²) in [6.07, 6.45) is 4.01. The van der Waals surface area contributed by atoms with Crippen molar-refractivity contribution in [2.24, 2.45) is 0 Å². The van der Waals surface area contributed by atoms with Gasteiger partial charge in [0, 0.05) is 18.1 Å². The largest absolute Gasteiger partial charge is 0.492 e. The Morgan fingerprint density at radius 3 is 2.35 bits per heavy atom. The average Bonchev–Trinajstić information content (AvgIpc) is 2.75. The molecule has 0 unspecified atom stereocenters.